The van der Waals surface area contributed by atoms with Crippen LogP contribution in [0.25, 0.3) is 5.69 Å². The van der Waals surface area contributed by atoms with E-state index in [2.05, 4.69) is 20.8 Å². The highest BCUT2D eigenvalue weighted by Gasteiger charge is 2.11. The van der Waals surface area contributed by atoms with Crippen LogP contribution in [0.1, 0.15) is 21.7 Å². The van der Waals surface area contributed by atoms with E-state index in [1.54, 1.807) is 36.1 Å². The van der Waals surface area contributed by atoms with Gasteiger partial charge in [0.1, 0.15) is 5.75 Å². The molecule has 0 unspecified atom stereocenters. The van der Waals surface area contributed by atoms with Crippen LogP contribution >= 0.6 is 0 Å². The Hall–Kier alpha value is -3.22. The number of nitrogens with zero attached hydrogens (tertiary/aromatic N) is 4. The molecule has 122 valence electrons. The fourth-order valence-electron chi connectivity index (χ4n) is 2.23. The number of hydrogen-bond donors (Lipinski definition) is 1. The maximum Gasteiger partial charge on any atom is 0.251 e. The highest BCUT2D eigenvalue weighted by atomic mass is 16.5. The van der Waals surface area contributed by atoms with Gasteiger partial charge in [0.2, 0.25) is 0 Å². The summed E-state index contributed by atoms with van der Waals surface area (Å²) in [5.74, 6) is 0.967. The second-order valence-corrected chi connectivity index (χ2v) is 5.26. The van der Waals surface area contributed by atoms with Crippen LogP contribution in [0.2, 0.25) is 0 Å². The first-order valence-corrected chi connectivity index (χ1v) is 7.44. The topological polar surface area (TPSA) is 81.9 Å². The van der Waals surface area contributed by atoms with E-state index in [1.165, 1.54) is 0 Å². The molecule has 0 bridgehead atoms. The Morgan fingerprint density at radius 1 is 1.21 bits per heavy atom. The largest absolute Gasteiger partial charge is 0.497 e. The molecule has 0 atom stereocenters. The first-order valence-electron chi connectivity index (χ1n) is 7.44. The lowest BCUT2D eigenvalue weighted by atomic mass is 10.2. The van der Waals surface area contributed by atoms with E-state index in [1.807, 2.05) is 31.2 Å². The number of amides is 1. The summed E-state index contributed by atoms with van der Waals surface area (Å²) in [4.78, 5) is 12.3. The Labute approximate surface area is 139 Å². The number of tetrazole rings is 1. The zero-order valence-corrected chi connectivity index (χ0v) is 13.4. The second-order valence-electron chi connectivity index (χ2n) is 5.26. The number of rotatable bonds is 5. The molecule has 0 aliphatic heterocycles. The van der Waals surface area contributed by atoms with Crippen molar-refractivity contribution in [2.45, 2.75) is 13.5 Å². The third kappa shape index (κ3) is 3.40. The molecule has 7 heteroatoms. The number of hydrogen-bond acceptors (Lipinski definition) is 5. The fourth-order valence-corrected chi connectivity index (χ4v) is 2.23. The lowest BCUT2D eigenvalue weighted by Gasteiger charge is -2.07. The molecule has 0 saturated heterocycles. The van der Waals surface area contributed by atoms with E-state index < -0.39 is 0 Å². The van der Waals surface area contributed by atoms with Crippen molar-refractivity contribution in [2.24, 2.45) is 0 Å². The molecule has 0 fully saturated rings. The van der Waals surface area contributed by atoms with Gasteiger partial charge in [-0.05, 0) is 47.7 Å². The van der Waals surface area contributed by atoms with E-state index in [4.69, 9.17) is 4.74 Å². The van der Waals surface area contributed by atoms with Crippen molar-refractivity contribution in [1.29, 1.82) is 0 Å². The Kier molecular flexibility index (Phi) is 4.51. The molecule has 0 spiro atoms. The zero-order chi connectivity index (χ0) is 16.9. The third-order valence-corrected chi connectivity index (χ3v) is 3.55. The zero-order valence-electron chi connectivity index (χ0n) is 13.4. The number of nitrogens with one attached hydrogen (secondary N) is 1. The molecule has 1 amide bonds. The van der Waals surface area contributed by atoms with Gasteiger partial charge in [-0.25, -0.2) is 0 Å². The third-order valence-electron chi connectivity index (χ3n) is 3.55. The minimum atomic E-state index is -0.215. The molecular formula is C17H17N5O2. The standard InChI is InChI=1S/C17H17N5O2/c1-12-6-8-14(9-7-12)22-16(19-20-21-22)11-18-17(23)13-4-3-5-15(10-13)24-2/h3-10H,11H2,1-2H3,(H,18,23). The van der Waals surface area contributed by atoms with Crippen molar-refractivity contribution >= 4 is 5.91 Å². The summed E-state index contributed by atoms with van der Waals surface area (Å²) in [6.45, 7) is 2.23. The van der Waals surface area contributed by atoms with Gasteiger partial charge in [-0.15, -0.1) is 5.10 Å². The molecule has 0 aliphatic carbocycles. The maximum atomic E-state index is 12.3. The molecule has 1 N–H and O–H groups in total. The molecule has 24 heavy (non-hydrogen) atoms. The normalized spacial score (nSPS) is 10.4. The van der Waals surface area contributed by atoms with Crippen LogP contribution in [0.4, 0.5) is 0 Å². The highest BCUT2D eigenvalue weighted by molar-refractivity contribution is 5.94. The van der Waals surface area contributed by atoms with Gasteiger partial charge in [-0.2, -0.15) is 4.68 Å². The van der Waals surface area contributed by atoms with Gasteiger partial charge in [0.15, 0.2) is 5.82 Å². The monoisotopic (exact) mass is 323 g/mol. The maximum absolute atomic E-state index is 12.3. The van der Waals surface area contributed by atoms with E-state index in [0.29, 0.717) is 17.1 Å². The Balaban J connectivity index is 1.72. The van der Waals surface area contributed by atoms with Gasteiger partial charge in [0, 0.05) is 5.56 Å². The highest BCUT2D eigenvalue weighted by Crippen LogP contribution is 2.13. The first kappa shape index (κ1) is 15.7. The van der Waals surface area contributed by atoms with E-state index >= 15 is 0 Å². The van der Waals surface area contributed by atoms with E-state index in [0.717, 1.165) is 11.3 Å². The summed E-state index contributed by atoms with van der Waals surface area (Å²) in [5.41, 5.74) is 2.51. The summed E-state index contributed by atoms with van der Waals surface area (Å²) < 4.78 is 6.73. The Morgan fingerprint density at radius 3 is 2.75 bits per heavy atom. The Bertz CT molecular complexity index is 842. The van der Waals surface area contributed by atoms with Crippen LogP contribution < -0.4 is 10.1 Å². The SMILES string of the molecule is COc1cccc(C(=O)NCc2nnnn2-c2ccc(C)cc2)c1. The smallest absolute Gasteiger partial charge is 0.251 e. The summed E-state index contributed by atoms with van der Waals surface area (Å²) >= 11 is 0. The second kappa shape index (κ2) is 6.91. The number of methoxy groups -OCH3 is 1. The molecule has 0 aliphatic rings. The predicted octanol–water partition coefficient (Wildman–Crippen LogP) is 1.91. The number of carbonyl (C=O) groups is 1. The van der Waals surface area contributed by atoms with Crippen molar-refractivity contribution in [3.63, 3.8) is 0 Å². The molecule has 3 rings (SSSR count). The number of carbonyl (C=O) groups excluding carboxylic acids is 1. The predicted molar refractivity (Wildman–Crippen MR) is 88.1 cm³/mol. The number of aromatic nitrogens is 4. The summed E-state index contributed by atoms with van der Waals surface area (Å²) in [6, 6.07) is 14.8. The van der Waals surface area contributed by atoms with Crippen LogP contribution in [-0.4, -0.2) is 33.2 Å². The quantitative estimate of drug-likeness (QED) is 0.775. The van der Waals surface area contributed by atoms with Crippen LogP contribution in [-0.2, 0) is 6.54 Å². The van der Waals surface area contributed by atoms with Crippen LogP contribution in [0.5, 0.6) is 5.75 Å². The molecule has 1 aromatic heterocycles. The van der Waals surface area contributed by atoms with Gasteiger partial charge >= 0.3 is 0 Å². The van der Waals surface area contributed by atoms with Crippen LogP contribution in [0.15, 0.2) is 48.5 Å². The first-order chi connectivity index (χ1) is 11.7. The van der Waals surface area contributed by atoms with Crippen molar-refractivity contribution in [3.8, 4) is 11.4 Å². The molecular weight excluding hydrogens is 306 g/mol. The van der Waals surface area contributed by atoms with Gasteiger partial charge < -0.3 is 10.1 Å². The molecule has 2 aromatic carbocycles. The minimum absolute atomic E-state index is 0.215. The molecule has 3 aromatic rings. The summed E-state index contributed by atoms with van der Waals surface area (Å²) in [7, 11) is 1.56. The van der Waals surface area contributed by atoms with E-state index in [-0.39, 0.29) is 12.5 Å². The van der Waals surface area contributed by atoms with Gasteiger partial charge in [0.05, 0.1) is 19.3 Å². The van der Waals surface area contributed by atoms with Gasteiger partial charge in [-0.1, -0.05) is 23.8 Å². The summed E-state index contributed by atoms with van der Waals surface area (Å²) in [6.07, 6.45) is 0. The summed E-state index contributed by atoms with van der Waals surface area (Å²) in [5, 5.41) is 14.5. The van der Waals surface area contributed by atoms with Crippen molar-refractivity contribution in [1.82, 2.24) is 25.5 Å². The van der Waals surface area contributed by atoms with E-state index in [9.17, 15) is 4.79 Å². The van der Waals surface area contributed by atoms with Crippen molar-refractivity contribution in [2.75, 3.05) is 7.11 Å². The van der Waals surface area contributed by atoms with Gasteiger partial charge in [0.25, 0.3) is 5.91 Å². The number of ether oxygens (including phenoxy) is 1. The Morgan fingerprint density at radius 2 is 2.00 bits per heavy atom. The minimum Gasteiger partial charge on any atom is -0.497 e. The van der Waals surface area contributed by atoms with Crippen molar-refractivity contribution < 1.29 is 9.53 Å². The molecule has 7 nitrogen and oxygen atoms in total. The molecule has 0 radical (unpaired) electrons. The number of aryl methyl sites for hydroxylation is 1. The lowest BCUT2D eigenvalue weighted by Crippen LogP contribution is -2.24. The number of benzene rings is 2. The fraction of sp³-hybridized carbons (Fsp3) is 0.176. The van der Waals surface area contributed by atoms with Gasteiger partial charge in [-0.3, -0.25) is 4.79 Å². The molecule has 1 heterocycles. The lowest BCUT2D eigenvalue weighted by molar-refractivity contribution is 0.0949. The van der Waals surface area contributed by atoms with Crippen LogP contribution in [0.3, 0.4) is 0 Å². The molecule has 0 saturated carbocycles. The van der Waals surface area contributed by atoms with Crippen LogP contribution in [0, 0.1) is 6.92 Å². The van der Waals surface area contributed by atoms with Crippen molar-refractivity contribution in [3.05, 3.63) is 65.5 Å². The average molecular weight is 323 g/mol. The average Bonchev–Trinajstić information content (AvgIpc) is 3.09.